The number of carbonyl (C=O) groups is 1. The molecule has 0 aromatic carbocycles. The highest BCUT2D eigenvalue weighted by atomic mass is 32.2. The number of imidazole rings is 1. The number of carbonyl (C=O) groups excluding carboxylic acids is 1. The molecule has 3 aromatic rings. The molecule has 3 aromatic heterocycles. The van der Waals surface area contributed by atoms with Crippen molar-refractivity contribution in [1.82, 2.24) is 24.1 Å². The molecule has 0 aliphatic heterocycles. The summed E-state index contributed by atoms with van der Waals surface area (Å²) < 4.78 is 8.64. The fourth-order valence-electron chi connectivity index (χ4n) is 2.50. The molecule has 126 valence electrons. The van der Waals surface area contributed by atoms with E-state index in [1.54, 1.807) is 23.9 Å². The van der Waals surface area contributed by atoms with Crippen LogP contribution in [0.25, 0.3) is 5.65 Å². The van der Waals surface area contributed by atoms with Gasteiger partial charge in [-0.05, 0) is 12.1 Å². The highest BCUT2D eigenvalue weighted by Gasteiger charge is 2.15. The van der Waals surface area contributed by atoms with Crippen molar-refractivity contribution in [2.75, 3.05) is 7.11 Å². The first kappa shape index (κ1) is 16.5. The zero-order valence-corrected chi connectivity index (χ0v) is 14.9. The molecule has 0 atom stereocenters. The number of hydrogen-bond donors (Lipinski definition) is 0. The van der Waals surface area contributed by atoms with Crippen LogP contribution in [0.2, 0.25) is 0 Å². The molecule has 8 heteroatoms. The highest BCUT2D eigenvalue weighted by Crippen LogP contribution is 2.24. The summed E-state index contributed by atoms with van der Waals surface area (Å²) in [5, 5.41) is 9.31. The number of esters is 1. The summed E-state index contributed by atoms with van der Waals surface area (Å²) in [6, 6.07) is 3.51. The van der Waals surface area contributed by atoms with Crippen LogP contribution in [0.4, 0.5) is 0 Å². The van der Waals surface area contributed by atoms with Crippen molar-refractivity contribution in [2.45, 2.75) is 30.7 Å². The number of nitrogens with zero attached hydrogens (tertiary/aromatic N) is 5. The van der Waals surface area contributed by atoms with Gasteiger partial charge in [0, 0.05) is 31.1 Å². The minimum atomic E-state index is -0.389. The van der Waals surface area contributed by atoms with Crippen molar-refractivity contribution in [3.63, 3.8) is 0 Å². The molecule has 0 N–H and O–H groups in total. The number of rotatable bonds is 5. The minimum absolute atomic E-state index is 0.328. The number of methoxy groups -OCH3 is 1. The smallest absolute Gasteiger partial charge is 0.341 e. The van der Waals surface area contributed by atoms with Gasteiger partial charge in [0.05, 0.1) is 12.8 Å². The third-order valence-corrected chi connectivity index (χ3v) is 4.73. The van der Waals surface area contributed by atoms with Gasteiger partial charge in [-0.25, -0.2) is 9.78 Å². The van der Waals surface area contributed by atoms with E-state index in [0.717, 1.165) is 16.7 Å². The lowest BCUT2D eigenvalue weighted by Crippen LogP contribution is -2.03. The molecule has 3 rings (SSSR count). The average molecular weight is 345 g/mol. The second kappa shape index (κ2) is 6.64. The van der Waals surface area contributed by atoms with Crippen LogP contribution in [0, 0.1) is 0 Å². The van der Waals surface area contributed by atoms with Crippen LogP contribution in [0.15, 0.2) is 29.7 Å². The van der Waals surface area contributed by atoms with E-state index in [1.807, 2.05) is 28.4 Å². The van der Waals surface area contributed by atoms with E-state index < -0.39 is 0 Å². The van der Waals surface area contributed by atoms with Gasteiger partial charge in [0.15, 0.2) is 10.8 Å². The van der Waals surface area contributed by atoms with Gasteiger partial charge < -0.3 is 13.7 Å². The monoisotopic (exact) mass is 345 g/mol. The van der Waals surface area contributed by atoms with Crippen molar-refractivity contribution in [3.8, 4) is 0 Å². The normalized spacial score (nSPS) is 11.4. The molecule has 0 bridgehead atoms. The molecule has 0 fully saturated rings. The zero-order valence-electron chi connectivity index (χ0n) is 14.1. The lowest BCUT2D eigenvalue weighted by atomic mass is 10.2. The SMILES string of the molecule is COC(=O)c1cccn2cc(CSc3nnc(C(C)C)n3C)nc12. The zero-order chi connectivity index (χ0) is 17.3. The van der Waals surface area contributed by atoms with E-state index in [4.69, 9.17) is 4.74 Å². The van der Waals surface area contributed by atoms with Crippen molar-refractivity contribution in [2.24, 2.45) is 7.05 Å². The number of ether oxygens (including phenoxy) is 1. The largest absolute Gasteiger partial charge is 0.465 e. The molecule has 0 unspecified atom stereocenters. The second-order valence-corrected chi connectivity index (χ2v) is 6.66. The maximum absolute atomic E-state index is 11.8. The van der Waals surface area contributed by atoms with Crippen molar-refractivity contribution < 1.29 is 9.53 Å². The van der Waals surface area contributed by atoms with Gasteiger partial charge >= 0.3 is 5.97 Å². The van der Waals surface area contributed by atoms with Gasteiger partial charge in [-0.1, -0.05) is 25.6 Å². The Hall–Kier alpha value is -2.35. The van der Waals surface area contributed by atoms with Crippen LogP contribution < -0.4 is 0 Å². The fourth-order valence-corrected chi connectivity index (χ4v) is 3.30. The number of thioether (sulfide) groups is 1. The molecule has 0 aliphatic rings. The Bertz CT molecular complexity index is 884. The quantitative estimate of drug-likeness (QED) is 0.523. The first-order valence-corrected chi connectivity index (χ1v) is 8.56. The highest BCUT2D eigenvalue weighted by molar-refractivity contribution is 7.98. The van der Waals surface area contributed by atoms with E-state index in [1.165, 1.54) is 7.11 Å². The maximum Gasteiger partial charge on any atom is 0.341 e. The van der Waals surface area contributed by atoms with E-state index >= 15 is 0 Å². The molecule has 0 saturated heterocycles. The Labute approximate surface area is 144 Å². The summed E-state index contributed by atoms with van der Waals surface area (Å²) >= 11 is 1.57. The summed E-state index contributed by atoms with van der Waals surface area (Å²) in [5.74, 6) is 1.54. The first-order chi connectivity index (χ1) is 11.5. The van der Waals surface area contributed by atoms with Crippen LogP contribution in [0.1, 0.15) is 41.6 Å². The van der Waals surface area contributed by atoms with Gasteiger partial charge in [0.2, 0.25) is 0 Å². The first-order valence-electron chi connectivity index (χ1n) is 7.58. The molecule has 3 heterocycles. The maximum atomic E-state index is 11.8. The predicted molar refractivity (Wildman–Crippen MR) is 91.2 cm³/mol. The third-order valence-electron chi connectivity index (χ3n) is 3.67. The van der Waals surface area contributed by atoms with Gasteiger partial charge in [-0.15, -0.1) is 10.2 Å². The average Bonchev–Trinajstić information content (AvgIpc) is 3.14. The molecular weight excluding hydrogens is 326 g/mol. The van der Waals surface area contributed by atoms with E-state index in [0.29, 0.717) is 22.9 Å². The van der Waals surface area contributed by atoms with Crippen LogP contribution in [-0.4, -0.2) is 37.2 Å². The Morgan fingerprint density at radius 2 is 2.17 bits per heavy atom. The molecule has 0 amide bonds. The Morgan fingerprint density at radius 3 is 2.83 bits per heavy atom. The standard InChI is InChI=1S/C16H19N5O2S/c1-10(2)13-18-19-16(20(13)3)24-9-11-8-21-7-5-6-12(14(21)17-11)15(22)23-4/h5-8,10H,9H2,1-4H3. The fraction of sp³-hybridized carbons (Fsp3) is 0.375. The lowest BCUT2D eigenvalue weighted by molar-refractivity contribution is 0.0602. The molecule has 7 nitrogen and oxygen atoms in total. The van der Waals surface area contributed by atoms with Crippen LogP contribution in [0.3, 0.4) is 0 Å². The van der Waals surface area contributed by atoms with Crippen molar-refractivity contribution >= 4 is 23.4 Å². The summed E-state index contributed by atoms with van der Waals surface area (Å²) in [4.78, 5) is 16.4. The third kappa shape index (κ3) is 3.01. The van der Waals surface area contributed by atoms with Gasteiger partial charge in [0.25, 0.3) is 0 Å². The molecular formula is C16H19N5O2S. The lowest BCUT2D eigenvalue weighted by Gasteiger charge is -2.04. The van der Waals surface area contributed by atoms with Crippen LogP contribution >= 0.6 is 11.8 Å². The summed E-state index contributed by atoms with van der Waals surface area (Å²) in [5.41, 5.74) is 1.92. The Kier molecular flexibility index (Phi) is 4.57. The molecule has 0 spiro atoms. The van der Waals surface area contributed by atoms with Crippen LogP contribution in [0.5, 0.6) is 0 Å². The molecule has 0 saturated carbocycles. The van der Waals surface area contributed by atoms with Gasteiger partial charge in [-0.2, -0.15) is 0 Å². The molecule has 24 heavy (non-hydrogen) atoms. The summed E-state index contributed by atoms with van der Waals surface area (Å²) in [6.45, 7) is 4.18. The predicted octanol–water partition coefficient (Wildman–Crippen LogP) is 2.67. The number of pyridine rings is 1. The Balaban J connectivity index is 1.82. The second-order valence-electron chi connectivity index (χ2n) is 5.72. The van der Waals surface area contributed by atoms with E-state index in [9.17, 15) is 4.79 Å². The van der Waals surface area contributed by atoms with E-state index in [2.05, 4.69) is 29.0 Å². The summed E-state index contributed by atoms with van der Waals surface area (Å²) in [6.07, 6.45) is 3.77. The molecule has 0 aliphatic carbocycles. The topological polar surface area (TPSA) is 74.3 Å². The van der Waals surface area contributed by atoms with E-state index in [-0.39, 0.29) is 5.97 Å². The number of fused-ring (bicyclic) bond motifs is 1. The van der Waals surface area contributed by atoms with Crippen LogP contribution in [-0.2, 0) is 17.5 Å². The molecule has 0 radical (unpaired) electrons. The van der Waals surface area contributed by atoms with Gasteiger partial charge in [0.1, 0.15) is 11.4 Å². The van der Waals surface area contributed by atoms with Gasteiger partial charge in [-0.3, -0.25) is 0 Å². The minimum Gasteiger partial charge on any atom is -0.465 e. The number of aromatic nitrogens is 5. The van der Waals surface area contributed by atoms with Crippen molar-refractivity contribution in [1.29, 1.82) is 0 Å². The van der Waals surface area contributed by atoms with Crippen molar-refractivity contribution in [3.05, 3.63) is 41.6 Å². The Morgan fingerprint density at radius 1 is 1.38 bits per heavy atom. The number of hydrogen-bond acceptors (Lipinski definition) is 6. The summed E-state index contributed by atoms with van der Waals surface area (Å²) in [7, 11) is 3.34.